The summed E-state index contributed by atoms with van der Waals surface area (Å²) in [6, 6.07) is 17.3. The van der Waals surface area contributed by atoms with Crippen molar-refractivity contribution in [1.82, 2.24) is 5.32 Å². The van der Waals surface area contributed by atoms with Gasteiger partial charge in [-0.2, -0.15) is 0 Å². The number of hydrogen-bond donors (Lipinski definition) is 2. The van der Waals surface area contributed by atoms with Crippen LogP contribution in [0.4, 0.5) is 5.69 Å². The Morgan fingerprint density at radius 1 is 0.886 bits per heavy atom. The minimum absolute atomic E-state index is 0.0389. The summed E-state index contributed by atoms with van der Waals surface area (Å²) in [6.45, 7) is -0.0389. The van der Waals surface area contributed by atoms with Crippen LogP contribution in [0.2, 0.25) is 5.02 Å². The van der Waals surface area contributed by atoms with Crippen molar-refractivity contribution in [3.8, 4) is 17.2 Å². The van der Waals surface area contributed by atoms with Crippen molar-refractivity contribution in [3.63, 3.8) is 0 Å². The van der Waals surface area contributed by atoms with E-state index in [1.807, 2.05) is 30.3 Å². The summed E-state index contributed by atoms with van der Waals surface area (Å²) in [6.07, 6.45) is 0. The molecular formula is C26H27ClN2O6. The van der Waals surface area contributed by atoms with Crippen molar-refractivity contribution in [2.24, 2.45) is 0 Å². The van der Waals surface area contributed by atoms with E-state index in [0.717, 1.165) is 5.56 Å². The number of carbonyl (C=O) groups is 2. The monoisotopic (exact) mass is 498 g/mol. The highest BCUT2D eigenvalue weighted by atomic mass is 35.5. The average Bonchev–Trinajstić information content (AvgIpc) is 2.89. The van der Waals surface area contributed by atoms with Gasteiger partial charge in [-0.1, -0.05) is 41.9 Å². The first kappa shape index (κ1) is 25.9. The second kappa shape index (κ2) is 12.1. The summed E-state index contributed by atoms with van der Waals surface area (Å²) in [5.74, 6) is 0.281. The Kier molecular flexibility index (Phi) is 8.94. The number of esters is 1. The van der Waals surface area contributed by atoms with Gasteiger partial charge >= 0.3 is 5.97 Å². The van der Waals surface area contributed by atoms with E-state index in [1.165, 1.54) is 28.4 Å². The largest absolute Gasteiger partial charge is 0.493 e. The minimum atomic E-state index is -0.454. The van der Waals surface area contributed by atoms with E-state index in [4.69, 9.17) is 30.5 Å². The normalized spacial score (nSPS) is 11.3. The van der Waals surface area contributed by atoms with Crippen LogP contribution in [0.5, 0.6) is 17.2 Å². The lowest BCUT2D eigenvalue weighted by Gasteiger charge is -2.23. The second-order valence-corrected chi connectivity index (χ2v) is 7.84. The molecule has 0 saturated carbocycles. The summed E-state index contributed by atoms with van der Waals surface area (Å²) in [5, 5.41) is 6.61. The molecule has 0 bridgehead atoms. The molecular weight excluding hydrogens is 472 g/mol. The Bertz CT molecular complexity index is 1160. The van der Waals surface area contributed by atoms with E-state index in [9.17, 15) is 9.59 Å². The molecule has 1 atom stereocenters. The summed E-state index contributed by atoms with van der Waals surface area (Å²) in [5.41, 5.74) is 2.37. The highest BCUT2D eigenvalue weighted by Crippen LogP contribution is 2.38. The van der Waals surface area contributed by atoms with Crippen molar-refractivity contribution in [3.05, 3.63) is 82.4 Å². The summed E-state index contributed by atoms with van der Waals surface area (Å²) in [4.78, 5) is 25.1. The predicted molar refractivity (Wildman–Crippen MR) is 134 cm³/mol. The summed E-state index contributed by atoms with van der Waals surface area (Å²) >= 11 is 6.33. The van der Waals surface area contributed by atoms with Gasteiger partial charge in [0.1, 0.15) is 0 Å². The van der Waals surface area contributed by atoms with Crippen LogP contribution in [0.1, 0.15) is 27.5 Å². The Labute approximate surface area is 209 Å². The molecule has 0 heterocycles. The van der Waals surface area contributed by atoms with Gasteiger partial charge in [-0.05, 0) is 41.5 Å². The van der Waals surface area contributed by atoms with Gasteiger partial charge in [-0.15, -0.1) is 0 Å². The Morgan fingerprint density at radius 3 is 2.11 bits per heavy atom. The number of amides is 1. The molecule has 8 nitrogen and oxygen atoms in total. The highest BCUT2D eigenvalue weighted by molar-refractivity contribution is 6.30. The topological polar surface area (TPSA) is 95.1 Å². The van der Waals surface area contributed by atoms with Gasteiger partial charge in [-0.3, -0.25) is 14.9 Å². The molecule has 3 aromatic rings. The number of hydrogen-bond acceptors (Lipinski definition) is 7. The standard InChI is InChI=1S/C26H27ClN2O6/c1-32-21-12-17(13-22(33-2)25(21)35-4)26(31)29-20-11-10-18(27)14-19(20)24(28-15-23(30)34-3)16-8-6-5-7-9-16/h5-14,24,28H,15H2,1-4H3,(H,29,31). The third kappa shape index (κ3) is 6.23. The molecule has 0 aliphatic rings. The van der Waals surface area contributed by atoms with E-state index in [1.54, 1.807) is 30.3 Å². The zero-order chi connectivity index (χ0) is 25.4. The van der Waals surface area contributed by atoms with Gasteiger partial charge in [0.05, 0.1) is 41.0 Å². The fourth-order valence-corrected chi connectivity index (χ4v) is 3.78. The third-order valence-electron chi connectivity index (χ3n) is 5.31. The molecule has 0 fully saturated rings. The third-order valence-corrected chi connectivity index (χ3v) is 5.55. The maximum absolute atomic E-state index is 13.3. The zero-order valence-electron chi connectivity index (χ0n) is 19.9. The van der Waals surface area contributed by atoms with Crippen LogP contribution < -0.4 is 24.8 Å². The maximum Gasteiger partial charge on any atom is 0.319 e. The number of benzene rings is 3. The van der Waals surface area contributed by atoms with Gasteiger partial charge in [0, 0.05) is 16.3 Å². The van der Waals surface area contributed by atoms with Gasteiger partial charge in [0.25, 0.3) is 5.91 Å². The zero-order valence-corrected chi connectivity index (χ0v) is 20.6. The Hall–Kier alpha value is -3.75. The van der Waals surface area contributed by atoms with Gasteiger partial charge in [0.15, 0.2) is 11.5 Å². The predicted octanol–water partition coefficient (Wildman–Crippen LogP) is 4.47. The van der Waals surface area contributed by atoms with Crippen molar-refractivity contribution < 1.29 is 28.5 Å². The van der Waals surface area contributed by atoms with E-state index in [-0.39, 0.29) is 6.54 Å². The molecule has 0 spiro atoms. The second-order valence-electron chi connectivity index (χ2n) is 7.40. The molecule has 9 heteroatoms. The van der Waals surface area contributed by atoms with Crippen molar-refractivity contribution in [1.29, 1.82) is 0 Å². The van der Waals surface area contributed by atoms with Gasteiger partial charge in [0.2, 0.25) is 5.75 Å². The smallest absolute Gasteiger partial charge is 0.319 e. The molecule has 1 amide bonds. The maximum atomic E-state index is 13.3. The molecule has 1 unspecified atom stereocenters. The summed E-state index contributed by atoms with van der Waals surface area (Å²) < 4.78 is 20.8. The van der Waals surface area contributed by atoms with Crippen LogP contribution in [0, 0.1) is 0 Å². The van der Waals surface area contributed by atoms with E-state index < -0.39 is 17.9 Å². The molecule has 0 aromatic heterocycles. The van der Waals surface area contributed by atoms with Crippen molar-refractivity contribution in [2.75, 3.05) is 40.3 Å². The molecule has 3 rings (SSSR count). The fraction of sp³-hybridized carbons (Fsp3) is 0.231. The lowest BCUT2D eigenvalue weighted by molar-refractivity contribution is -0.139. The average molecular weight is 499 g/mol. The highest BCUT2D eigenvalue weighted by Gasteiger charge is 2.22. The molecule has 0 radical (unpaired) electrons. The Morgan fingerprint density at radius 2 is 1.54 bits per heavy atom. The molecule has 0 aliphatic carbocycles. The number of nitrogens with one attached hydrogen (secondary N) is 2. The first-order valence-corrected chi connectivity index (χ1v) is 11.1. The van der Waals surface area contributed by atoms with Crippen LogP contribution in [0.15, 0.2) is 60.7 Å². The minimum Gasteiger partial charge on any atom is -0.493 e. The van der Waals surface area contributed by atoms with Crippen LogP contribution in [-0.2, 0) is 9.53 Å². The van der Waals surface area contributed by atoms with E-state index in [0.29, 0.717) is 39.1 Å². The van der Waals surface area contributed by atoms with Crippen LogP contribution in [0.25, 0.3) is 0 Å². The molecule has 35 heavy (non-hydrogen) atoms. The lowest BCUT2D eigenvalue weighted by atomic mass is 9.96. The molecule has 2 N–H and O–H groups in total. The number of rotatable bonds is 10. The SMILES string of the molecule is COC(=O)CNC(c1ccccc1)c1cc(Cl)ccc1NC(=O)c1cc(OC)c(OC)c(OC)c1. The molecule has 0 saturated heterocycles. The number of ether oxygens (including phenoxy) is 4. The number of halogens is 1. The van der Waals surface area contributed by atoms with E-state index in [2.05, 4.69) is 10.6 Å². The summed E-state index contributed by atoms with van der Waals surface area (Å²) in [7, 11) is 5.77. The molecule has 3 aromatic carbocycles. The van der Waals surface area contributed by atoms with Crippen LogP contribution >= 0.6 is 11.6 Å². The first-order chi connectivity index (χ1) is 16.9. The number of methoxy groups -OCH3 is 4. The van der Waals surface area contributed by atoms with Crippen LogP contribution in [-0.4, -0.2) is 46.9 Å². The van der Waals surface area contributed by atoms with Gasteiger partial charge in [-0.25, -0.2) is 0 Å². The number of anilines is 1. The number of carbonyl (C=O) groups excluding carboxylic acids is 2. The van der Waals surface area contributed by atoms with Crippen LogP contribution in [0.3, 0.4) is 0 Å². The quantitative estimate of drug-likeness (QED) is 0.398. The first-order valence-electron chi connectivity index (χ1n) is 10.7. The Balaban J connectivity index is 2.01. The van der Waals surface area contributed by atoms with Crippen molar-refractivity contribution >= 4 is 29.2 Å². The molecule has 0 aliphatic heterocycles. The van der Waals surface area contributed by atoms with Gasteiger partial charge < -0.3 is 24.3 Å². The molecule has 184 valence electrons. The fourth-order valence-electron chi connectivity index (χ4n) is 3.60. The van der Waals surface area contributed by atoms with E-state index >= 15 is 0 Å². The lowest BCUT2D eigenvalue weighted by Crippen LogP contribution is -2.30. The van der Waals surface area contributed by atoms with Crippen molar-refractivity contribution in [2.45, 2.75) is 6.04 Å².